The van der Waals surface area contributed by atoms with Crippen LogP contribution in [0.2, 0.25) is 0 Å². The molecular weight excluding hydrogens is 396 g/mol. The third-order valence-corrected chi connectivity index (χ3v) is 7.83. The maximum atomic E-state index is 12.9. The highest BCUT2D eigenvalue weighted by molar-refractivity contribution is 8.05. The van der Waals surface area contributed by atoms with E-state index >= 15 is 0 Å². The Labute approximate surface area is 174 Å². The van der Waals surface area contributed by atoms with E-state index in [1.165, 1.54) is 0 Å². The maximum absolute atomic E-state index is 12.9. The van der Waals surface area contributed by atoms with Crippen LogP contribution in [0.1, 0.15) is 32.8 Å². The van der Waals surface area contributed by atoms with Crippen LogP contribution in [0.5, 0.6) is 0 Å². The Morgan fingerprint density at radius 1 is 1.32 bits per heavy atom. The number of hydrogen-bond acceptors (Lipinski definition) is 8. The van der Waals surface area contributed by atoms with E-state index in [1.54, 1.807) is 11.8 Å². The topological polar surface area (TPSA) is 90.6 Å². The Morgan fingerprint density at radius 2 is 2.04 bits per heavy atom. The van der Waals surface area contributed by atoms with Crippen LogP contribution in [0.25, 0.3) is 0 Å². The lowest BCUT2D eigenvalue weighted by molar-refractivity contribution is -0.157. The molecule has 28 heavy (non-hydrogen) atoms. The van der Waals surface area contributed by atoms with E-state index in [0.717, 1.165) is 23.5 Å². The lowest BCUT2D eigenvalue weighted by Gasteiger charge is -2.27. The number of ether oxygens (including phenoxy) is 2. The van der Waals surface area contributed by atoms with Crippen molar-refractivity contribution in [2.24, 2.45) is 5.73 Å². The van der Waals surface area contributed by atoms with Gasteiger partial charge in [-0.3, -0.25) is 14.9 Å². The van der Waals surface area contributed by atoms with Crippen molar-refractivity contribution in [1.29, 1.82) is 0 Å². The van der Waals surface area contributed by atoms with Gasteiger partial charge >= 0.3 is 11.9 Å². The van der Waals surface area contributed by atoms with Crippen LogP contribution in [0.3, 0.4) is 0 Å². The van der Waals surface area contributed by atoms with E-state index in [4.69, 9.17) is 15.2 Å². The fourth-order valence-corrected chi connectivity index (χ4v) is 6.77. The summed E-state index contributed by atoms with van der Waals surface area (Å²) in [5.74, 6) is 1.05. The van der Waals surface area contributed by atoms with Crippen molar-refractivity contribution in [2.75, 3.05) is 11.5 Å². The minimum Gasteiger partial charge on any atom is -0.460 e. The zero-order chi connectivity index (χ0) is 20.4. The van der Waals surface area contributed by atoms with E-state index in [9.17, 15) is 9.59 Å². The van der Waals surface area contributed by atoms with Gasteiger partial charge in [-0.2, -0.15) is 11.8 Å². The molecule has 8 heteroatoms. The smallest absolute Gasteiger partial charge is 0.325 e. The molecule has 3 N–H and O–H groups in total. The molecule has 1 aromatic carbocycles. The summed E-state index contributed by atoms with van der Waals surface area (Å²) in [5.41, 5.74) is 6.53. The Hall–Kier alpha value is -1.22. The summed E-state index contributed by atoms with van der Waals surface area (Å²) in [5, 5.41) is 2.89. The van der Waals surface area contributed by atoms with Gasteiger partial charge in [0, 0.05) is 5.75 Å². The van der Waals surface area contributed by atoms with Crippen molar-refractivity contribution in [1.82, 2.24) is 5.32 Å². The second kappa shape index (κ2) is 8.65. The molecule has 0 aliphatic carbocycles. The van der Waals surface area contributed by atoms with Crippen LogP contribution >= 0.6 is 23.5 Å². The Kier molecular flexibility index (Phi) is 6.64. The number of rotatable bonds is 5. The van der Waals surface area contributed by atoms with E-state index in [-0.39, 0.29) is 22.7 Å². The summed E-state index contributed by atoms with van der Waals surface area (Å²) in [4.78, 5) is 25.3. The van der Waals surface area contributed by atoms with Gasteiger partial charge in [0.05, 0.1) is 10.1 Å². The molecule has 2 aliphatic rings. The largest absolute Gasteiger partial charge is 0.460 e. The predicted octanol–water partition coefficient (Wildman–Crippen LogP) is 2.31. The van der Waals surface area contributed by atoms with E-state index in [0.29, 0.717) is 0 Å². The van der Waals surface area contributed by atoms with Gasteiger partial charge in [0.15, 0.2) is 0 Å². The molecule has 0 aromatic heterocycles. The van der Waals surface area contributed by atoms with Crippen molar-refractivity contribution in [3.63, 3.8) is 0 Å². The van der Waals surface area contributed by atoms with E-state index in [2.05, 4.69) is 5.32 Å². The van der Waals surface area contributed by atoms with Crippen LogP contribution in [-0.2, 0) is 25.7 Å². The second-order valence-corrected chi connectivity index (χ2v) is 10.8. The number of thioether (sulfide) groups is 2. The fourth-order valence-electron chi connectivity index (χ4n) is 3.32. The Morgan fingerprint density at radius 3 is 2.64 bits per heavy atom. The Bertz CT molecular complexity index is 702. The normalized spacial score (nSPS) is 28.3. The molecule has 0 bridgehead atoms. The maximum Gasteiger partial charge on any atom is 0.325 e. The molecule has 3 rings (SSSR count). The minimum absolute atomic E-state index is 0.231. The predicted molar refractivity (Wildman–Crippen MR) is 113 cm³/mol. The molecule has 1 aromatic rings. The average molecular weight is 425 g/mol. The average Bonchev–Trinajstić information content (AvgIpc) is 3.26. The van der Waals surface area contributed by atoms with Crippen LogP contribution in [0.4, 0.5) is 0 Å². The summed E-state index contributed by atoms with van der Waals surface area (Å²) < 4.78 is 10.7. The van der Waals surface area contributed by atoms with Crippen LogP contribution in [0, 0.1) is 0 Å². The van der Waals surface area contributed by atoms with Crippen molar-refractivity contribution < 1.29 is 19.1 Å². The number of nitrogens with two attached hydrogens (primary N) is 1. The number of carbonyl (C=O) groups excluding carboxylic acids is 2. The quantitative estimate of drug-likeness (QED) is 0.696. The van der Waals surface area contributed by atoms with Gasteiger partial charge in [-0.15, -0.1) is 11.8 Å². The number of nitrogens with one attached hydrogen (secondary N) is 1. The van der Waals surface area contributed by atoms with Crippen molar-refractivity contribution in [3.05, 3.63) is 35.9 Å². The second-order valence-electron chi connectivity index (χ2n) is 8.16. The number of carbonyl (C=O) groups is 2. The lowest BCUT2D eigenvalue weighted by atomic mass is 9.98. The van der Waals surface area contributed by atoms with Crippen LogP contribution in [0.15, 0.2) is 30.3 Å². The minimum atomic E-state index is -0.848. The van der Waals surface area contributed by atoms with E-state index in [1.807, 2.05) is 62.9 Å². The first-order valence-corrected chi connectivity index (χ1v) is 11.4. The first-order valence-electron chi connectivity index (χ1n) is 9.41. The first kappa shape index (κ1) is 21.5. The molecule has 0 saturated carbocycles. The number of esters is 2. The highest BCUT2D eigenvalue weighted by atomic mass is 32.2. The van der Waals surface area contributed by atoms with Crippen molar-refractivity contribution in [3.8, 4) is 0 Å². The molecule has 2 aliphatic heterocycles. The van der Waals surface area contributed by atoms with Gasteiger partial charge in [0.1, 0.15) is 24.3 Å². The molecule has 4 atom stereocenters. The van der Waals surface area contributed by atoms with Gasteiger partial charge in [0.2, 0.25) is 0 Å². The molecule has 2 saturated heterocycles. The number of hydrogen-bond donors (Lipinski definition) is 2. The summed E-state index contributed by atoms with van der Waals surface area (Å²) in [6.07, 6.45) is 0.873. The zero-order valence-corrected chi connectivity index (χ0v) is 18.1. The van der Waals surface area contributed by atoms with Gasteiger partial charge in [-0.05, 0) is 38.5 Å². The molecule has 2 fully saturated rings. The summed E-state index contributed by atoms with van der Waals surface area (Å²) >= 11 is 3.39. The third kappa shape index (κ3) is 5.03. The van der Waals surface area contributed by atoms with Gasteiger partial charge in [-0.25, -0.2) is 0 Å². The molecule has 4 unspecified atom stereocenters. The van der Waals surface area contributed by atoms with Gasteiger partial charge < -0.3 is 15.2 Å². The van der Waals surface area contributed by atoms with Crippen molar-refractivity contribution in [2.45, 2.75) is 61.6 Å². The monoisotopic (exact) mass is 424 g/mol. The zero-order valence-electron chi connectivity index (χ0n) is 16.5. The fraction of sp³-hybridized carbons (Fsp3) is 0.600. The Balaban J connectivity index is 1.67. The summed E-state index contributed by atoms with van der Waals surface area (Å²) in [6.45, 7) is 5.66. The molecule has 0 amide bonds. The third-order valence-electron chi connectivity index (χ3n) is 4.70. The standard InChI is InChI=1S/C20H28N2O4S2/c1-19(2,3)26-17(23)14(21)16-22-15(20(28-16)9-10-27-12-20)18(24)25-11-13-7-5-4-6-8-13/h4-8,14-16,22H,9-12,21H2,1-3H3. The lowest BCUT2D eigenvalue weighted by Crippen LogP contribution is -2.53. The first-order chi connectivity index (χ1) is 13.2. The summed E-state index contributed by atoms with van der Waals surface area (Å²) in [7, 11) is 0. The van der Waals surface area contributed by atoms with Crippen molar-refractivity contribution >= 4 is 35.5 Å². The van der Waals surface area contributed by atoms with Gasteiger partial charge in [0.25, 0.3) is 0 Å². The molecule has 2 heterocycles. The van der Waals surface area contributed by atoms with Crippen LogP contribution in [-0.4, -0.2) is 51.2 Å². The van der Waals surface area contributed by atoms with E-state index < -0.39 is 23.7 Å². The molecular formula is C20H28N2O4S2. The molecule has 154 valence electrons. The van der Waals surface area contributed by atoms with Gasteiger partial charge in [-0.1, -0.05) is 30.3 Å². The highest BCUT2D eigenvalue weighted by Crippen LogP contribution is 2.49. The SMILES string of the molecule is CC(C)(C)OC(=O)C(N)C1NC(C(=O)OCc2ccccc2)C2(CCSC2)S1. The molecule has 6 nitrogen and oxygen atoms in total. The summed E-state index contributed by atoms with van der Waals surface area (Å²) in [6, 6.07) is 8.26. The van der Waals surface area contributed by atoms with Crippen LogP contribution < -0.4 is 11.1 Å². The molecule has 0 radical (unpaired) electrons. The molecule has 1 spiro atoms. The number of benzene rings is 1. The highest BCUT2D eigenvalue weighted by Gasteiger charge is 2.55.